The molecule has 3 N–H and O–H groups in total. The van der Waals surface area contributed by atoms with Gasteiger partial charge in [-0.3, -0.25) is 4.79 Å². The Labute approximate surface area is 108 Å². The summed E-state index contributed by atoms with van der Waals surface area (Å²) < 4.78 is 0. The second-order valence-electron chi connectivity index (χ2n) is 4.49. The van der Waals surface area contributed by atoms with Crippen LogP contribution in [-0.4, -0.2) is 35.5 Å². The van der Waals surface area contributed by atoms with Crippen molar-refractivity contribution in [3.8, 4) is 0 Å². The third-order valence-electron chi connectivity index (χ3n) is 2.50. The smallest absolute Gasteiger partial charge is 0.239 e. The minimum absolute atomic E-state index is 0.0354. The summed E-state index contributed by atoms with van der Waals surface area (Å²) in [6.07, 6.45) is 2.15. The Morgan fingerprint density at radius 3 is 2.72 bits per heavy atom. The molecular formula is C12H21N5O. The van der Waals surface area contributed by atoms with Crippen molar-refractivity contribution in [2.45, 2.75) is 33.2 Å². The number of amides is 1. The first-order chi connectivity index (χ1) is 8.45. The molecule has 0 spiro atoms. The number of rotatable bonds is 5. The maximum atomic E-state index is 11.7. The first-order valence-corrected chi connectivity index (χ1v) is 6.05. The maximum Gasteiger partial charge on any atom is 0.239 e. The van der Waals surface area contributed by atoms with Gasteiger partial charge in [0.25, 0.3) is 0 Å². The number of carbonyl (C=O) groups is 1. The van der Waals surface area contributed by atoms with Crippen molar-refractivity contribution in [1.82, 2.24) is 15.3 Å². The standard InChI is InChI=1S/C12H21N5O/c1-5-9-11(13)14-7-15-12(9)17(4)6-10(18)16-8(2)3/h7-8H,5-6H2,1-4H3,(H,16,18)(H2,13,14,15). The van der Waals surface area contributed by atoms with E-state index in [1.165, 1.54) is 6.33 Å². The van der Waals surface area contributed by atoms with Crippen molar-refractivity contribution in [1.29, 1.82) is 0 Å². The van der Waals surface area contributed by atoms with Gasteiger partial charge in [0.05, 0.1) is 6.54 Å². The molecule has 0 bridgehead atoms. The van der Waals surface area contributed by atoms with E-state index in [1.807, 2.05) is 27.8 Å². The zero-order chi connectivity index (χ0) is 13.7. The fraction of sp³-hybridized carbons (Fsp3) is 0.583. The number of hydrogen-bond acceptors (Lipinski definition) is 5. The van der Waals surface area contributed by atoms with Crippen LogP contribution in [0, 0.1) is 0 Å². The SMILES string of the molecule is CCc1c(N)ncnc1N(C)CC(=O)NC(C)C. The van der Waals surface area contributed by atoms with Crippen molar-refractivity contribution < 1.29 is 4.79 Å². The van der Waals surface area contributed by atoms with E-state index in [1.54, 1.807) is 4.90 Å². The highest BCUT2D eigenvalue weighted by atomic mass is 16.2. The highest BCUT2D eigenvalue weighted by molar-refractivity contribution is 5.81. The lowest BCUT2D eigenvalue weighted by Gasteiger charge is -2.21. The Morgan fingerprint density at radius 1 is 1.50 bits per heavy atom. The molecule has 0 unspecified atom stereocenters. The largest absolute Gasteiger partial charge is 0.383 e. The van der Waals surface area contributed by atoms with Crippen LogP contribution in [0.2, 0.25) is 0 Å². The Kier molecular flexibility index (Phi) is 4.88. The van der Waals surface area contributed by atoms with Crippen LogP contribution in [0.4, 0.5) is 11.6 Å². The van der Waals surface area contributed by atoms with Gasteiger partial charge in [-0.15, -0.1) is 0 Å². The molecule has 0 saturated heterocycles. The van der Waals surface area contributed by atoms with Crippen LogP contribution >= 0.6 is 0 Å². The predicted molar refractivity (Wildman–Crippen MR) is 72.4 cm³/mol. The van der Waals surface area contributed by atoms with Crippen molar-refractivity contribution in [2.24, 2.45) is 0 Å². The van der Waals surface area contributed by atoms with E-state index < -0.39 is 0 Å². The highest BCUT2D eigenvalue weighted by Crippen LogP contribution is 2.20. The third kappa shape index (κ3) is 3.58. The zero-order valence-corrected chi connectivity index (χ0v) is 11.4. The molecule has 1 aromatic heterocycles. The number of carbonyl (C=O) groups excluding carboxylic acids is 1. The molecule has 1 heterocycles. The molecular weight excluding hydrogens is 230 g/mol. The molecule has 100 valence electrons. The zero-order valence-electron chi connectivity index (χ0n) is 11.4. The Morgan fingerprint density at radius 2 is 2.17 bits per heavy atom. The van der Waals surface area contributed by atoms with Crippen LogP contribution in [0.15, 0.2) is 6.33 Å². The Balaban J connectivity index is 2.81. The number of hydrogen-bond donors (Lipinski definition) is 2. The van der Waals surface area contributed by atoms with Crippen molar-refractivity contribution in [2.75, 3.05) is 24.2 Å². The average molecular weight is 251 g/mol. The van der Waals surface area contributed by atoms with E-state index in [-0.39, 0.29) is 18.5 Å². The number of nitrogens with two attached hydrogens (primary N) is 1. The molecule has 0 atom stereocenters. The molecule has 18 heavy (non-hydrogen) atoms. The van der Waals surface area contributed by atoms with Crippen LogP contribution in [0.1, 0.15) is 26.3 Å². The summed E-state index contributed by atoms with van der Waals surface area (Å²) in [5, 5.41) is 2.84. The molecule has 1 aromatic rings. The van der Waals surface area contributed by atoms with Gasteiger partial charge < -0.3 is 16.0 Å². The van der Waals surface area contributed by atoms with E-state index in [9.17, 15) is 4.79 Å². The van der Waals surface area contributed by atoms with Gasteiger partial charge in [0, 0.05) is 18.7 Å². The minimum Gasteiger partial charge on any atom is -0.383 e. The molecule has 0 aliphatic carbocycles. The van der Waals surface area contributed by atoms with E-state index in [4.69, 9.17) is 5.73 Å². The predicted octanol–water partition coefficient (Wildman–Crippen LogP) is 0.582. The van der Waals surface area contributed by atoms with Crippen LogP contribution in [0.3, 0.4) is 0 Å². The van der Waals surface area contributed by atoms with E-state index in [0.29, 0.717) is 11.6 Å². The van der Waals surface area contributed by atoms with Crippen LogP contribution < -0.4 is 16.0 Å². The van der Waals surface area contributed by atoms with Gasteiger partial charge in [-0.05, 0) is 20.3 Å². The quantitative estimate of drug-likeness (QED) is 0.799. The molecule has 0 aromatic carbocycles. The van der Waals surface area contributed by atoms with Crippen molar-refractivity contribution >= 4 is 17.5 Å². The number of nitrogen functional groups attached to an aromatic ring is 1. The molecule has 0 saturated carbocycles. The first kappa shape index (κ1) is 14.2. The summed E-state index contributed by atoms with van der Waals surface area (Å²) in [5.41, 5.74) is 6.68. The fourth-order valence-corrected chi connectivity index (χ4v) is 1.74. The van der Waals surface area contributed by atoms with Gasteiger partial charge in [-0.25, -0.2) is 9.97 Å². The minimum atomic E-state index is -0.0354. The Bertz CT molecular complexity index is 419. The topological polar surface area (TPSA) is 84.1 Å². The van der Waals surface area contributed by atoms with Gasteiger partial charge in [0.15, 0.2) is 0 Å². The number of nitrogens with one attached hydrogen (secondary N) is 1. The number of anilines is 2. The lowest BCUT2D eigenvalue weighted by molar-refractivity contribution is -0.120. The lowest BCUT2D eigenvalue weighted by atomic mass is 10.2. The lowest BCUT2D eigenvalue weighted by Crippen LogP contribution is -2.39. The number of likely N-dealkylation sites (N-methyl/N-ethyl adjacent to an activating group) is 1. The van der Waals surface area contributed by atoms with Gasteiger partial charge >= 0.3 is 0 Å². The summed E-state index contributed by atoms with van der Waals surface area (Å²) in [5.74, 6) is 1.15. The van der Waals surface area contributed by atoms with Crippen LogP contribution in [-0.2, 0) is 11.2 Å². The summed E-state index contributed by atoms with van der Waals surface area (Å²) in [7, 11) is 1.82. The maximum absolute atomic E-state index is 11.7. The van der Waals surface area contributed by atoms with E-state index >= 15 is 0 Å². The van der Waals surface area contributed by atoms with E-state index in [0.717, 1.165) is 12.0 Å². The van der Waals surface area contributed by atoms with Crippen LogP contribution in [0.5, 0.6) is 0 Å². The normalized spacial score (nSPS) is 10.5. The van der Waals surface area contributed by atoms with Gasteiger partial charge in [0.1, 0.15) is 18.0 Å². The molecule has 1 rings (SSSR count). The number of aromatic nitrogens is 2. The number of nitrogens with zero attached hydrogens (tertiary/aromatic N) is 3. The Hall–Kier alpha value is -1.85. The van der Waals surface area contributed by atoms with Crippen LogP contribution in [0.25, 0.3) is 0 Å². The summed E-state index contributed by atoms with van der Waals surface area (Å²) in [6, 6.07) is 0.131. The molecule has 0 fully saturated rings. The average Bonchev–Trinajstić information content (AvgIpc) is 2.27. The van der Waals surface area contributed by atoms with Gasteiger partial charge in [-0.2, -0.15) is 0 Å². The first-order valence-electron chi connectivity index (χ1n) is 6.05. The second-order valence-corrected chi connectivity index (χ2v) is 4.49. The molecule has 0 aliphatic rings. The third-order valence-corrected chi connectivity index (χ3v) is 2.50. The molecule has 6 nitrogen and oxygen atoms in total. The molecule has 0 radical (unpaired) electrons. The summed E-state index contributed by atoms with van der Waals surface area (Å²) in [4.78, 5) is 21.6. The van der Waals surface area contributed by atoms with Gasteiger partial charge in [-0.1, -0.05) is 6.92 Å². The molecule has 1 amide bonds. The highest BCUT2D eigenvalue weighted by Gasteiger charge is 2.14. The monoisotopic (exact) mass is 251 g/mol. The van der Waals surface area contributed by atoms with Gasteiger partial charge in [0.2, 0.25) is 5.91 Å². The summed E-state index contributed by atoms with van der Waals surface area (Å²) >= 11 is 0. The van der Waals surface area contributed by atoms with E-state index in [2.05, 4.69) is 15.3 Å². The van der Waals surface area contributed by atoms with Crippen molar-refractivity contribution in [3.63, 3.8) is 0 Å². The van der Waals surface area contributed by atoms with Crippen molar-refractivity contribution in [3.05, 3.63) is 11.9 Å². The molecule has 0 aliphatic heterocycles. The summed E-state index contributed by atoms with van der Waals surface area (Å²) in [6.45, 7) is 6.10. The molecule has 6 heteroatoms. The fourth-order valence-electron chi connectivity index (χ4n) is 1.74. The second kappa shape index (κ2) is 6.18.